The lowest BCUT2D eigenvalue weighted by Gasteiger charge is -2.07. The second kappa shape index (κ2) is 7.16. The molecule has 1 amide bonds. The van der Waals surface area contributed by atoms with E-state index in [9.17, 15) is 14.4 Å². The van der Waals surface area contributed by atoms with Crippen LogP contribution in [0.25, 0.3) is 11.3 Å². The monoisotopic (exact) mass is 301 g/mol. The minimum absolute atomic E-state index is 0.0313. The zero-order valence-corrected chi connectivity index (χ0v) is 12.0. The van der Waals surface area contributed by atoms with E-state index in [0.717, 1.165) is 5.56 Å². The summed E-state index contributed by atoms with van der Waals surface area (Å²) in [6.45, 7) is 0. The second-order valence-electron chi connectivity index (χ2n) is 4.51. The van der Waals surface area contributed by atoms with Gasteiger partial charge in [-0.2, -0.15) is 5.10 Å². The summed E-state index contributed by atoms with van der Waals surface area (Å²) in [5, 5.41) is 8.98. The maximum Gasteiger partial charge on any atom is 0.306 e. The number of anilines is 1. The van der Waals surface area contributed by atoms with Crippen LogP contribution in [0.15, 0.2) is 41.2 Å². The molecule has 2 aromatic rings. The number of nitrogens with one attached hydrogen (secondary N) is 2. The minimum atomic E-state index is -0.429. The molecule has 7 nitrogen and oxygen atoms in total. The van der Waals surface area contributed by atoms with Crippen LogP contribution < -0.4 is 10.9 Å². The van der Waals surface area contributed by atoms with Crippen molar-refractivity contribution in [2.75, 3.05) is 12.4 Å². The van der Waals surface area contributed by atoms with Crippen LogP contribution in [0.3, 0.4) is 0 Å². The molecule has 0 saturated heterocycles. The summed E-state index contributed by atoms with van der Waals surface area (Å²) in [6.07, 6.45) is 0.0807. The van der Waals surface area contributed by atoms with Crippen LogP contribution in [0, 0.1) is 0 Å². The molecule has 0 fully saturated rings. The summed E-state index contributed by atoms with van der Waals surface area (Å²) < 4.78 is 4.48. The molecule has 22 heavy (non-hydrogen) atoms. The molecule has 0 aliphatic carbocycles. The number of amides is 1. The van der Waals surface area contributed by atoms with E-state index in [1.54, 1.807) is 24.3 Å². The number of esters is 1. The Morgan fingerprint density at radius 2 is 2.05 bits per heavy atom. The van der Waals surface area contributed by atoms with Gasteiger partial charge in [0.1, 0.15) is 0 Å². The summed E-state index contributed by atoms with van der Waals surface area (Å²) in [5.41, 5.74) is 1.64. The molecule has 0 saturated carbocycles. The topological polar surface area (TPSA) is 101 Å². The van der Waals surface area contributed by atoms with Gasteiger partial charge in [0, 0.05) is 23.7 Å². The predicted molar refractivity (Wildman–Crippen MR) is 80.2 cm³/mol. The fraction of sp³-hybridized carbons (Fsp3) is 0.200. The molecule has 7 heteroatoms. The van der Waals surface area contributed by atoms with Crippen LogP contribution in [-0.4, -0.2) is 29.2 Å². The number of ether oxygens (including phenoxy) is 1. The highest BCUT2D eigenvalue weighted by Gasteiger charge is 2.08. The van der Waals surface area contributed by atoms with Gasteiger partial charge < -0.3 is 10.1 Å². The number of methoxy groups -OCH3 is 1. The Balaban J connectivity index is 2.05. The van der Waals surface area contributed by atoms with Gasteiger partial charge in [0.2, 0.25) is 5.91 Å². The van der Waals surface area contributed by atoms with E-state index in [2.05, 4.69) is 20.3 Å². The van der Waals surface area contributed by atoms with Crippen LogP contribution in [0.4, 0.5) is 5.69 Å². The zero-order valence-electron chi connectivity index (χ0n) is 12.0. The first kappa shape index (κ1) is 15.4. The van der Waals surface area contributed by atoms with Gasteiger partial charge in [-0.25, -0.2) is 5.10 Å². The second-order valence-corrected chi connectivity index (χ2v) is 4.51. The van der Waals surface area contributed by atoms with Crippen molar-refractivity contribution in [1.82, 2.24) is 10.2 Å². The van der Waals surface area contributed by atoms with E-state index < -0.39 is 5.97 Å². The molecule has 1 aromatic heterocycles. The molecule has 1 heterocycles. The minimum Gasteiger partial charge on any atom is -0.469 e. The first-order valence-electron chi connectivity index (χ1n) is 6.61. The summed E-state index contributed by atoms with van der Waals surface area (Å²) in [4.78, 5) is 33.7. The normalized spacial score (nSPS) is 10.0. The van der Waals surface area contributed by atoms with Crippen molar-refractivity contribution in [2.45, 2.75) is 12.8 Å². The van der Waals surface area contributed by atoms with Crippen molar-refractivity contribution in [1.29, 1.82) is 0 Å². The van der Waals surface area contributed by atoms with Gasteiger partial charge in [-0.1, -0.05) is 12.1 Å². The van der Waals surface area contributed by atoms with Gasteiger partial charge in [0.25, 0.3) is 5.56 Å². The highest BCUT2D eigenvalue weighted by Crippen LogP contribution is 2.19. The first-order chi connectivity index (χ1) is 10.6. The lowest BCUT2D eigenvalue weighted by Crippen LogP contribution is -2.14. The highest BCUT2D eigenvalue weighted by atomic mass is 16.5. The lowest BCUT2D eigenvalue weighted by atomic mass is 10.1. The molecule has 0 atom stereocenters. The van der Waals surface area contributed by atoms with Crippen LogP contribution in [0.2, 0.25) is 0 Å². The van der Waals surface area contributed by atoms with E-state index in [4.69, 9.17) is 0 Å². The maximum absolute atomic E-state index is 11.7. The Morgan fingerprint density at radius 1 is 1.23 bits per heavy atom. The van der Waals surface area contributed by atoms with Crippen molar-refractivity contribution >= 4 is 17.6 Å². The van der Waals surface area contributed by atoms with E-state index in [1.165, 1.54) is 13.2 Å². The standard InChI is InChI=1S/C15H15N3O4/c1-22-15(21)8-7-13(19)16-11-4-2-3-10(9-11)12-5-6-14(20)18-17-12/h2-6,9H,7-8H2,1H3,(H,16,19)(H,18,20). The molecule has 2 rings (SSSR count). The summed E-state index contributed by atoms with van der Waals surface area (Å²) in [5.74, 6) is -0.710. The quantitative estimate of drug-likeness (QED) is 0.811. The number of carbonyl (C=O) groups is 2. The fourth-order valence-corrected chi connectivity index (χ4v) is 1.80. The van der Waals surface area contributed by atoms with Gasteiger partial charge in [-0.15, -0.1) is 0 Å². The number of aromatic nitrogens is 2. The Kier molecular flexibility index (Phi) is 5.02. The molecular weight excluding hydrogens is 286 g/mol. The maximum atomic E-state index is 11.7. The number of nitrogens with zero attached hydrogens (tertiary/aromatic N) is 1. The molecule has 0 bridgehead atoms. The van der Waals surface area contributed by atoms with Gasteiger partial charge >= 0.3 is 5.97 Å². The van der Waals surface area contributed by atoms with Crippen molar-refractivity contribution in [2.24, 2.45) is 0 Å². The van der Waals surface area contributed by atoms with Crippen molar-refractivity contribution in [3.8, 4) is 11.3 Å². The van der Waals surface area contributed by atoms with E-state index >= 15 is 0 Å². The van der Waals surface area contributed by atoms with Crippen LogP contribution in [0.1, 0.15) is 12.8 Å². The summed E-state index contributed by atoms with van der Waals surface area (Å²) in [7, 11) is 1.28. The molecule has 0 unspecified atom stereocenters. The van der Waals surface area contributed by atoms with Crippen molar-refractivity contribution in [3.63, 3.8) is 0 Å². The summed E-state index contributed by atoms with van der Waals surface area (Å²) in [6, 6.07) is 10.0. The SMILES string of the molecule is COC(=O)CCC(=O)Nc1cccc(-c2ccc(=O)[nH]n2)c1. The third kappa shape index (κ3) is 4.27. The third-order valence-corrected chi connectivity index (χ3v) is 2.91. The molecule has 1 aromatic carbocycles. The average Bonchev–Trinajstić information content (AvgIpc) is 2.53. The fourth-order valence-electron chi connectivity index (χ4n) is 1.80. The van der Waals surface area contributed by atoms with Gasteiger partial charge in [-0.05, 0) is 18.2 Å². The van der Waals surface area contributed by atoms with Crippen LogP contribution >= 0.6 is 0 Å². The van der Waals surface area contributed by atoms with Gasteiger partial charge in [0.05, 0.1) is 19.2 Å². The van der Waals surface area contributed by atoms with Crippen LogP contribution in [0.5, 0.6) is 0 Å². The Morgan fingerprint density at radius 3 is 2.73 bits per heavy atom. The molecule has 2 N–H and O–H groups in total. The molecule has 114 valence electrons. The Bertz CT molecular complexity index is 719. The molecular formula is C15H15N3O4. The van der Waals surface area contributed by atoms with E-state index in [-0.39, 0.29) is 24.3 Å². The average molecular weight is 301 g/mol. The first-order valence-corrected chi connectivity index (χ1v) is 6.61. The number of hydrogen-bond donors (Lipinski definition) is 2. The molecule has 0 spiro atoms. The third-order valence-electron chi connectivity index (χ3n) is 2.91. The number of H-pyrrole nitrogens is 1. The highest BCUT2D eigenvalue weighted by molar-refractivity contribution is 5.93. The molecule has 0 radical (unpaired) electrons. The Labute approximate surface area is 126 Å². The van der Waals surface area contributed by atoms with Gasteiger partial charge in [-0.3, -0.25) is 14.4 Å². The van der Waals surface area contributed by atoms with E-state index in [0.29, 0.717) is 11.4 Å². The lowest BCUT2D eigenvalue weighted by molar-refractivity contribution is -0.141. The summed E-state index contributed by atoms with van der Waals surface area (Å²) >= 11 is 0. The molecule has 0 aliphatic rings. The largest absolute Gasteiger partial charge is 0.469 e. The van der Waals surface area contributed by atoms with Crippen molar-refractivity contribution < 1.29 is 14.3 Å². The number of aromatic amines is 1. The molecule has 0 aliphatic heterocycles. The van der Waals surface area contributed by atoms with Crippen molar-refractivity contribution in [3.05, 3.63) is 46.8 Å². The predicted octanol–water partition coefficient (Wildman–Crippen LogP) is 1.33. The Hall–Kier alpha value is -2.96. The number of rotatable bonds is 5. The smallest absolute Gasteiger partial charge is 0.306 e. The van der Waals surface area contributed by atoms with Crippen LogP contribution in [-0.2, 0) is 14.3 Å². The zero-order chi connectivity index (χ0) is 15.9. The number of hydrogen-bond acceptors (Lipinski definition) is 5. The van der Waals surface area contributed by atoms with Gasteiger partial charge in [0.15, 0.2) is 0 Å². The number of carbonyl (C=O) groups excluding carboxylic acids is 2. The van der Waals surface area contributed by atoms with E-state index in [1.807, 2.05) is 6.07 Å². The number of benzene rings is 1.